The number of esters is 1. The van der Waals surface area contributed by atoms with Gasteiger partial charge in [-0.05, 0) is 31.0 Å². The molecule has 6 nitrogen and oxygen atoms in total. The number of nitrogens with zero attached hydrogens (tertiary/aromatic N) is 1. The van der Waals surface area contributed by atoms with Crippen LogP contribution >= 0.6 is 0 Å². The highest BCUT2D eigenvalue weighted by atomic mass is 16.5. The zero-order valence-electron chi connectivity index (χ0n) is 14.4. The molecule has 1 aromatic carbocycles. The van der Waals surface area contributed by atoms with E-state index >= 15 is 0 Å². The quantitative estimate of drug-likeness (QED) is 0.767. The van der Waals surface area contributed by atoms with Gasteiger partial charge in [-0.3, -0.25) is 9.69 Å². The van der Waals surface area contributed by atoms with Gasteiger partial charge in [0, 0.05) is 25.7 Å². The SMILES string of the molecule is CC[C@H](C)NC(=O)COC(=O)c1ccc(CN2CCOCC2)cc1. The molecule has 1 aromatic rings. The van der Waals surface area contributed by atoms with E-state index in [1.165, 1.54) is 0 Å². The van der Waals surface area contributed by atoms with Crippen molar-refractivity contribution in [3.05, 3.63) is 35.4 Å². The zero-order valence-corrected chi connectivity index (χ0v) is 14.4. The van der Waals surface area contributed by atoms with E-state index in [2.05, 4.69) is 10.2 Å². The van der Waals surface area contributed by atoms with Crippen LogP contribution < -0.4 is 5.32 Å². The van der Waals surface area contributed by atoms with Crippen molar-refractivity contribution in [1.82, 2.24) is 10.2 Å². The van der Waals surface area contributed by atoms with E-state index in [1.807, 2.05) is 26.0 Å². The minimum Gasteiger partial charge on any atom is -0.452 e. The number of nitrogens with one attached hydrogen (secondary N) is 1. The third-order valence-corrected chi connectivity index (χ3v) is 4.05. The van der Waals surface area contributed by atoms with Crippen LogP contribution in [0.2, 0.25) is 0 Å². The molecule has 0 bridgehead atoms. The van der Waals surface area contributed by atoms with Gasteiger partial charge in [-0.1, -0.05) is 19.1 Å². The number of hydrogen-bond acceptors (Lipinski definition) is 5. The second-order valence-electron chi connectivity index (χ2n) is 6.04. The van der Waals surface area contributed by atoms with Gasteiger partial charge in [-0.2, -0.15) is 0 Å². The van der Waals surface area contributed by atoms with Crippen molar-refractivity contribution in [2.24, 2.45) is 0 Å². The molecule has 1 N–H and O–H groups in total. The molecule has 0 spiro atoms. The number of amides is 1. The normalized spacial score (nSPS) is 16.4. The summed E-state index contributed by atoms with van der Waals surface area (Å²) in [6.45, 7) is 7.87. The summed E-state index contributed by atoms with van der Waals surface area (Å²) >= 11 is 0. The fourth-order valence-corrected chi connectivity index (χ4v) is 2.40. The molecule has 0 aromatic heterocycles. The number of morpholine rings is 1. The number of carbonyl (C=O) groups is 2. The second-order valence-corrected chi connectivity index (χ2v) is 6.04. The summed E-state index contributed by atoms with van der Waals surface area (Å²) in [4.78, 5) is 25.9. The van der Waals surface area contributed by atoms with E-state index in [1.54, 1.807) is 12.1 Å². The van der Waals surface area contributed by atoms with Crippen molar-refractivity contribution in [2.45, 2.75) is 32.9 Å². The third kappa shape index (κ3) is 5.94. The Labute approximate surface area is 143 Å². The van der Waals surface area contributed by atoms with Crippen LogP contribution in [-0.2, 0) is 20.8 Å². The van der Waals surface area contributed by atoms with Crippen LogP contribution in [0.25, 0.3) is 0 Å². The van der Waals surface area contributed by atoms with Crippen molar-refractivity contribution in [3.63, 3.8) is 0 Å². The van der Waals surface area contributed by atoms with Gasteiger partial charge in [0.1, 0.15) is 0 Å². The Balaban J connectivity index is 1.79. The molecular formula is C18H26N2O4. The smallest absolute Gasteiger partial charge is 0.338 e. The van der Waals surface area contributed by atoms with Crippen LogP contribution in [0, 0.1) is 0 Å². The Morgan fingerprint density at radius 3 is 2.54 bits per heavy atom. The first-order chi connectivity index (χ1) is 11.6. The molecule has 1 aliphatic rings. The van der Waals surface area contributed by atoms with Crippen LogP contribution in [0.4, 0.5) is 0 Å². The van der Waals surface area contributed by atoms with Crippen molar-refractivity contribution in [3.8, 4) is 0 Å². The summed E-state index contributed by atoms with van der Waals surface area (Å²) in [6, 6.07) is 7.40. The lowest BCUT2D eigenvalue weighted by Gasteiger charge is -2.26. The monoisotopic (exact) mass is 334 g/mol. The highest BCUT2D eigenvalue weighted by Gasteiger charge is 2.13. The summed E-state index contributed by atoms with van der Waals surface area (Å²) in [6.07, 6.45) is 0.838. The summed E-state index contributed by atoms with van der Waals surface area (Å²) in [5.41, 5.74) is 1.60. The van der Waals surface area contributed by atoms with Gasteiger partial charge in [0.2, 0.25) is 0 Å². The van der Waals surface area contributed by atoms with Crippen LogP contribution in [-0.4, -0.2) is 55.7 Å². The Kier molecular flexibility index (Phi) is 7.21. The predicted octanol–water partition coefficient (Wildman–Crippen LogP) is 1.59. The number of rotatable bonds is 7. The highest BCUT2D eigenvalue weighted by molar-refractivity contribution is 5.91. The van der Waals surface area contributed by atoms with Gasteiger partial charge in [-0.15, -0.1) is 0 Å². The summed E-state index contributed by atoms with van der Waals surface area (Å²) in [5, 5.41) is 2.76. The Morgan fingerprint density at radius 2 is 1.92 bits per heavy atom. The molecule has 0 unspecified atom stereocenters. The third-order valence-electron chi connectivity index (χ3n) is 4.05. The molecule has 132 valence electrons. The summed E-state index contributed by atoms with van der Waals surface area (Å²) in [5.74, 6) is -0.756. The summed E-state index contributed by atoms with van der Waals surface area (Å²) < 4.78 is 10.4. The Morgan fingerprint density at radius 1 is 1.25 bits per heavy atom. The fraction of sp³-hybridized carbons (Fsp3) is 0.556. The molecule has 2 rings (SSSR count). The van der Waals surface area contributed by atoms with Gasteiger partial charge in [0.25, 0.3) is 5.91 Å². The van der Waals surface area contributed by atoms with Crippen molar-refractivity contribution < 1.29 is 19.1 Å². The largest absolute Gasteiger partial charge is 0.452 e. The van der Waals surface area contributed by atoms with E-state index in [0.717, 1.165) is 44.8 Å². The van der Waals surface area contributed by atoms with Gasteiger partial charge in [-0.25, -0.2) is 4.79 Å². The zero-order chi connectivity index (χ0) is 17.4. The molecule has 1 saturated heterocycles. The van der Waals surface area contributed by atoms with Crippen molar-refractivity contribution >= 4 is 11.9 Å². The van der Waals surface area contributed by atoms with Crippen LogP contribution in [0.5, 0.6) is 0 Å². The molecule has 1 atom stereocenters. The first kappa shape index (κ1) is 18.4. The lowest BCUT2D eigenvalue weighted by molar-refractivity contribution is -0.124. The van der Waals surface area contributed by atoms with E-state index in [9.17, 15) is 9.59 Å². The van der Waals surface area contributed by atoms with Crippen molar-refractivity contribution in [1.29, 1.82) is 0 Å². The topological polar surface area (TPSA) is 67.9 Å². The van der Waals surface area contributed by atoms with E-state index < -0.39 is 5.97 Å². The number of ether oxygens (including phenoxy) is 2. The number of hydrogen-bond donors (Lipinski definition) is 1. The maximum atomic E-state index is 12.0. The minimum atomic E-state index is -0.479. The Hall–Kier alpha value is -1.92. The first-order valence-corrected chi connectivity index (χ1v) is 8.44. The van der Waals surface area contributed by atoms with E-state index in [0.29, 0.717) is 5.56 Å². The molecule has 0 radical (unpaired) electrons. The average molecular weight is 334 g/mol. The second kappa shape index (κ2) is 9.39. The molecule has 1 heterocycles. The maximum absolute atomic E-state index is 12.0. The lowest BCUT2D eigenvalue weighted by Crippen LogP contribution is -2.35. The van der Waals surface area contributed by atoms with Crippen LogP contribution in [0.3, 0.4) is 0 Å². The average Bonchev–Trinajstić information content (AvgIpc) is 2.61. The van der Waals surface area contributed by atoms with Crippen molar-refractivity contribution in [2.75, 3.05) is 32.9 Å². The molecular weight excluding hydrogens is 308 g/mol. The summed E-state index contributed by atoms with van der Waals surface area (Å²) in [7, 11) is 0. The van der Waals surface area contributed by atoms with Gasteiger partial charge in [0.15, 0.2) is 6.61 Å². The maximum Gasteiger partial charge on any atom is 0.338 e. The molecule has 6 heteroatoms. The van der Waals surface area contributed by atoms with E-state index in [4.69, 9.17) is 9.47 Å². The number of benzene rings is 1. The molecule has 1 aliphatic heterocycles. The van der Waals surface area contributed by atoms with Gasteiger partial charge >= 0.3 is 5.97 Å². The molecule has 24 heavy (non-hydrogen) atoms. The van der Waals surface area contributed by atoms with Crippen LogP contribution in [0.15, 0.2) is 24.3 Å². The standard InChI is InChI=1S/C18H26N2O4/c1-3-14(2)19-17(21)13-24-18(22)16-6-4-15(5-7-16)12-20-8-10-23-11-9-20/h4-7,14H,3,8-13H2,1-2H3,(H,19,21)/t14-/m0/s1. The predicted molar refractivity (Wildman–Crippen MR) is 90.7 cm³/mol. The molecule has 0 saturated carbocycles. The van der Waals surface area contributed by atoms with Crippen LogP contribution in [0.1, 0.15) is 36.2 Å². The molecule has 0 aliphatic carbocycles. The first-order valence-electron chi connectivity index (χ1n) is 8.44. The molecule has 1 amide bonds. The molecule has 1 fully saturated rings. The lowest BCUT2D eigenvalue weighted by atomic mass is 10.1. The van der Waals surface area contributed by atoms with E-state index in [-0.39, 0.29) is 18.6 Å². The highest BCUT2D eigenvalue weighted by Crippen LogP contribution is 2.10. The van der Waals surface area contributed by atoms with Gasteiger partial charge in [0.05, 0.1) is 18.8 Å². The fourth-order valence-electron chi connectivity index (χ4n) is 2.40. The Bertz CT molecular complexity index is 538. The minimum absolute atomic E-state index is 0.0793. The van der Waals surface area contributed by atoms with Gasteiger partial charge < -0.3 is 14.8 Å². The number of carbonyl (C=O) groups excluding carboxylic acids is 2.